The standard InChI is InChI=1S/C28H33FN4O4.CH3Cl.H3N/c1-4-37-28(36)24-25(22-8-5-6-9-23(22)33(27(24)35)15-7-14-30(2)3)31-16-18-32(19-17-31)26(34)20-10-12-21(29)13-11-20;1-2;/h5-6,8-13H,4,7,14-19H2,1-3H3;1H3;1H3. The van der Waals surface area contributed by atoms with Crippen molar-refractivity contribution in [2.24, 2.45) is 0 Å². The number of hydrogen-bond acceptors (Lipinski definition) is 7. The van der Waals surface area contributed by atoms with Gasteiger partial charge in [0, 0.05) is 50.1 Å². The van der Waals surface area contributed by atoms with Gasteiger partial charge in [0.25, 0.3) is 11.5 Å². The maximum absolute atomic E-state index is 13.8. The summed E-state index contributed by atoms with van der Waals surface area (Å²) in [6.45, 7) is 4.84. The molecule has 4 rings (SSSR count). The molecule has 2 aromatic carbocycles. The van der Waals surface area contributed by atoms with Gasteiger partial charge in [0.15, 0.2) is 0 Å². The van der Waals surface area contributed by atoms with Crippen molar-refractivity contribution in [3.8, 4) is 0 Å². The zero-order chi connectivity index (χ0) is 28.5. The maximum Gasteiger partial charge on any atom is 0.345 e. The van der Waals surface area contributed by atoms with E-state index >= 15 is 0 Å². The van der Waals surface area contributed by atoms with Crippen LogP contribution in [-0.2, 0) is 11.3 Å². The number of anilines is 1. The minimum absolute atomic E-state index is 0. The minimum atomic E-state index is -0.639. The molecule has 1 amide bonds. The number of aromatic nitrogens is 1. The average molecular weight is 576 g/mol. The number of aryl methyl sites for hydroxylation is 1. The van der Waals surface area contributed by atoms with Crippen molar-refractivity contribution in [2.75, 3.05) is 64.7 Å². The van der Waals surface area contributed by atoms with Crippen molar-refractivity contribution in [2.45, 2.75) is 19.9 Å². The molecule has 2 heterocycles. The van der Waals surface area contributed by atoms with Crippen LogP contribution in [0.15, 0.2) is 53.3 Å². The Morgan fingerprint density at radius 2 is 1.62 bits per heavy atom. The Hall–Kier alpha value is -3.47. The molecule has 1 saturated heterocycles. The molecule has 11 heteroatoms. The molecular formula is C29H39ClFN5O4. The number of amides is 1. The van der Waals surface area contributed by atoms with Crippen molar-refractivity contribution in [1.82, 2.24) is 20.5 Å². The third-order valence-corrected chi connectivity index (χ3v) is 6.59. The number of alkyl halides is 1. The molecule has 0 saturated carbocycles. The number of carbonyl (C=O) groups excluding carboxylic acids is 2. The quantitative estimate of drug-likeness (QED) is 0.316. The van der Waals surface area contributed by atoms with Crippen LogP contribution in [0.25, 0.3) is 10.9 Å². The fourth-order valence-electron chi connectivity index (χ4n) is 4.78. The number of para-hydroxylation sites is 1. The summed E-state index contributed by atoms with van der Waals surface area (Å²) in [5.41, 5.74) is 1.41. The molecule has 1 aliphatic heterocycles. The van der Waals surface area contributed by atoms with Crippen LogP contribution < -0.4 is 16.6 Å². The third kappa shape index (κ3) is 7.38. The Balaban J connectivity index is 0.00000183. The molecule has 0 bridgehead atoms. The van der Waals surface area contributed by atoms with Crippen LogP contribution >= 0.6 is 11.6 Å². The van der Waals surface area contributed by atoms with Gasteiger partial charge in [-0.2, -0.15) is 0 Å². The summed E-state index contributed by atoms with van der Waals surface area (Å²) in [6.07, 6.45) is 2.22. The van der Waals surface area contributed by atoms with Gasteiger partial charge in [0.05, 0.1) is 17.8 Å². The Bertz CT molecular complexity index is 1340. The predicted molar refractivity (Wildman–Crippen MR) is 159 cm³/mol. The zero-order valence-electron chi connectivity index (χ0n) is 23.7. The molecule has 3 aromatic rings. The Labute approximate surface area is 239 Å². The molecule has 0 aliphatic carbocycles. The van der Waals surface area contributed by atoms with Crippen molar-refractivity contribution < 1.29 is 18.7 Å². The van der Waals surface area contributed by atoms with Crippen molar-refractivity contribution >= 4 is 40.1 Å². The second kappa shape index (κ2) is 15.4. The summed E-state index contributed by atoms with van der Waals surface area (Å²) in [6, 6.07) is 13.1. The number of rotatable bonds is 8. The lowest BCUT2D eigenvalue weighted by Gasteiger charge is -2.37. The number of esters is 1. The van der Waals surface area contributed by atoms with Gasteiger partial charge in [0.2, 0.25) is 0 Å². The highest BCUT2D eigenvalue weighted by Crippen LogP contribution is 2.31. The number of nitrogens with zero attached hydrogens (tertiary/aromatic N) is 4. The van der Waals surface area contributed by atoms with E-state index in [-0.39, 0.29) is 29.8 Å². The van der Waals surface area contributed by atoms with Crippen LogP contribution in [0, 0.1) is 5.82 Å². The fraction of sp³-hybridized carbons (Fsp3) is 0.414. The van der Waals surface area contributed by atoms with Gasteiger partial charge in [-0.3, -0.25) is 9.59 Å². The van der Waals surface area contributed by atoms with Crippen LogP contribution in [0.4, 0.5) is 10.1 Å². The van der Waals surface area contributed by atoms with Gasteiger partial charge in [-0.1, -0.05) is 18.2 Å². The molecule has 218 valence electrons. The van der Waals surface area contributed by atoms with Crippen LogP contribution in [0.1, 0.15) is 34.1 Å². The fourth-order valence-corrected chi connectivity index (χ4v) is 4.78. The Morgan fingerprint density at radius 3 is 2.23 bits per heavy atom. The van der Waals surface area contributed by atoms with Gasteiger partial charge >= 0.3 is 5.97 Å². The topological polar surface area (TPSA) is 110 Å². The lowest BCUT2D eigenvalue weighted by Crippen LogP contribution is -2.49. The van der Waals surface area contributed by atoms with E-state index in [1.807, 2.05) is 43.3 Å². The summed E-state index contributed by atoms with van der Waals surface area (Å²) in [5, 5.41) is 0.799. The molecule has 0 radical (unpaired) electrons. The van der Waals surface area contributed by atoms with Gasteiger partial charge in [-0.25, -0.2) is 9.18 Å². The molecule has 0 spiro atoms. The maximum atomic E-state index is 13.8. The van der Waals surface area contributed by atoms with E-state index in [4.69, 9.17) is 4.74 Å². The van der Waals surface area contributed by atoms with Crippen LogP contribution in [0.3, 0.4) is 0 Å². The van der Waals surface area contributed by atoms with E-state index in [0.29, 0.717) is 44.0 Å². The summed E-state index contributed by atoms with van der Waals surface area (Å²) >= 11 is 4.64. The van der Waals surface area contributed by atoms with E-state index < -0.39 is 11.8 Å². The van der Waals surface area contributed by atoms with Gasteiger partial charge in [-0.15, -0.1) is 11.6 Å². The van der Waals surface area contributed by atoms with Crippen LogP contribution in [0.5, 0.6) is 0 Å². The summed E-state index contributed by atoms with van der Waals surface area (Å²) in [5.74, 6) is -1.21. The first-order valence-corrected chi connectivity index (χ1v) is 13.7. The lowest BCUT2D eigenvalue weighted by molar-refractivity contribution is 0.0523. The number of piperazine rings is 1. The van der Waals surface area contributed by atoms with Crippen molar-refractivity contribution in [1.29, 1.82) is 0 Å². The van der Waals surface area contributed by atoms with E-state index in [9.17, 15) is 18.8 Å². The van der Waals surface area contributed by atoms with E-state index in [0.717, 1.165) is 23.9 Å². The second-order valence-electron chi connectivity index (χ2n) is 9.36. The average Bonchev–Trinajstić information content (AvgIpc) is 2.95. The number of hydrogen-bond donors (Lipinski definition) is 1. The Kier molecular flexibility index (Phi) is 12.6. The summed E-state index contributed by atoms with van der Waals surface area (Å²) in [7, 11) is 3.96. The minimum Gasteiger partial charge on any atom is -0.462 e. The molecule has 40 heavy (non-hydrogen) atoms. The van der Waals surface area contributed by atoms with E-state index in [1.165, 1.54) is 30.6 Å². The highest BCUT2D eigenvalue weighted by atomic mass is 35.5. The van der Waals surface area contributed by atoms with Gasteiger partial charge in [0.1, 0.15) is 11.4 Å². The smallest absolute Gasteiger partial charge is 0.345 e. The normalized spacial score (nSPS) is 13.0. The predicted octanol–water partition coefficient (Wildman–Crippen LogP) is 4.25. The number of halogens is 2. The molecule has 3 N–H and O–H groups in total. The van der Waals surface area contributed by atoms with Crippen molar-refractivity contribution in [3.63, 3.8) is 0 Å². The molecule has 1 aromatic heterocycles. The summed E-state index contributed by atoms with van der Waals surface area (Å²) in [4.78, 5) is 45.6. The highest BCUT2D eigenvalue weighted by molar-refractivity contribution is 6.15. The molecule has 1 fully saturated rings. The van der Waals surface area contributed by atoms with Crippen LogP contribution in [-0.4, -0.2) is 86.1 Å². The first kappa shape index (κ1) is 32.7. The second-order valence-corrected chi connectivity index (χ2v) is 9.36. The van der Waals surface area contributed by atoms with E-state index in [2.05, 4.69) is 16.5 Å². The summed E-state index contributed by atoms with van der Waals surface area (Å²) < 4.78 is 20.3. The third-order valence-electron chi connectivity index (χ3n) is 6.59. The molecular weight excluding hydrogens is 537 g/mol. The number of carbonyl (C=O) groups is 2. The largest absolute Gasteiger partial charge is 0.462 e. The number of ether oxygens (including phenoxy) is 1. The number of benzene rings is 2. The zero-order valence-corrected chi connectivity index (χ0v) is 24.4. The molecule has 0 atom stereocenters. The van der Waals surface area contributed by atoms with Gasteiger partial charge in [-0.05, 0) is 64.3 Å². The Morgan fingerprint density at radius 1 is 1.00 bits per heavy atom. The van der Waals surface area contributed by atoms with E-state index in [1.54, 1.807) is 16.4 Å². The lowest BCUT2D eigenvalue weighted by atomic mass is 10.1. The molecule has 9 nitrogen and oxygen atoms in total. The molecule has 0 unspecified atom stereocenters. The van der Waals surface area contributed by atoms with Crippen LogP contribution in [0.2, 0.25) is 0 Å². The number of pyridine rings is 1. The first-order valence-electron chi connectivity index (χ1n) is 13.0. The van der Waals surface area contributed by atoms with Crippen molar-refractivity contribution in [3.05, 3.63) is 75.8 Å². The highest BCUT2D eigenvalue weighted by Gasteiger charge is 2.30. The molecule has 1 aliphatic rings. The van der Waals surface area contributed by atoms with Gasteiger partial charge < -0.3 is 30.2 Å². The SMILES string of the molecule is CCOC(=O)c1c(N2CCN(C(=O)c3ccc(F)cc3)CC2)c2ccccc2n(CCCN(C)C)c1=O.CCl.N. The monoisotopic (exact) mass is 575 g/mol. The first-order chi connectivity index (χ1) is 18.8. The number of fused-ring (bicyclic) bond motifs is 1.